The molecule has 156 valence electrons. The lowest BCUT2D eigenvalue weighted by atomic mass is 10.0. The molecule has 0 bridgehead atoms. The van der Waals surface area contributed by atoms with Crippen molar-refractivity contribution in [3.63, 3.8) is 0 Å². The number of benzene rings is 3. The van der Waals surface area contributed by atoms with Crippen LogP contribution in [0.1, 0.15) is 27.3 Å². The molecule has 3 aromatic carbocycles. The lowest BCUT2D eigenvalue weighted by molar-refractivity contribution is 0.0693. The van der Waals surface area contributed by atoms with E-state index in [-0.39, 0.29) is 18.8 Å². The Labute approximate surface area is 178 Å². The molecule has 1 aromatic heterocycles. The largest absolute Gasteiger partial charge is 0.489 e. The van der Waals surface area contributed by atoms with Crippen molar-refractivity contribution < 1.29 is 23.9 Å². The Morgan fingerprint density at radius 2 is 1.65 bits per heavy atom. The van der Waals surface area contributed by atoms with Gasteiger partial charge >= 0.3 is 5.97 Å². The number of aromatic nitrogens is 2. The zero-order valence-corrected chi connectivity index (χ0v) is 16.8. The average Bonchev–Trinajstić information content (AvgIpc) is 3.26. The molecule has 0 aliphatic carbocycles. The highest BCUT2D eigenvalue weighted by Gasteiger charge is 2.13. The number of carboxylic acid groups (broad SMARTS) is 1. The topological polar surface area (TPSA) is 94.7 Å². The van der Waals surface area contributed by atoms with E-state index in [1.54, 1.807) is 43.3 Å². The van der Waals surface area contributed by atoms with Gasteiger partial charge in [-0.1, -0.05) is 47.6 Å². The molecule has 0 saturated carbocycles. The van der Waals surface area contributed by atoms with Crippen molar-refractivity contribution in [3.05, 3.63) is 95.3 Å². The number of aromatic carboxylic acids is 1. The fourth-order valence-corrected chi connectivity index (χ4v) is 3.13. The number of rotatable bonds is 8. The second-order valence-electron chi connectivity index (χ2n) is 6.85. The third kappa shape index (κ3) is 4.90. The van der Waals surface area contributed by atoms with Crippen LogP contribution < -0.4 is 9.47 Å². The van der Waals surface area contributed by atoms with E-state index in [0.29, 0.717) is 34.3 Å². The Hall–Kier alpha value is -4.13. The lowest BCUT2D eigenvalue weighted by Crippen LogP contribution is -2.08. The quantitative estimate of drug-likeness (QED) is 0.436. The Bertz CT molecular complexity index is 1190. The Kier molecular flexibility index (Phi) is 5.93. The molecule has 1 heterocycles. The Morgan fingerprint density at radius 3 is 2.39 bits per heavy atom. The van der Waals surface area contributed by atoms with Gasteiger partial charge in [0.2, 0.25) is 5.82 Å². The summed E-state index contributed by atoms with van der Waals surface area (Å²) in [7, 11) is 0. The summed E-state index contributed by atoms with van der Waals surface area (Å²) in [5.41, 5.74) is 2.41. The lowest BCUT2D eigenvalue weighted by Gasteiger charge is -2.11. The molecule has 4 aromatic rings. The molecule has 0 fully saturated rings. The molecule has 0 saturated heterocycles. The summed E-state index contributed by atoms with van der Waals surface area (Å²) in [6.45, 7) is 2.04. The molecule has 1 N–H and O–H groups in total. The normalized spacial score (nSPS) is 10.6. The standard InChI is InChI=1S/C24H20N2O5/c1-16-7-5-10-18(22(16)24(27)28)14-29-19-11-6-12-20(13-19)30-15-21-25-23(31-26-21)17-8-3-2-4-9-17/h2-13H,14-15H2,1H3,(H,27,28). The predicted octanol–water partition coefficient (Wildman–Crippen LogP) is 4.90. The van der Waals surface area contributed by atoms with Crippen molar-refractivity contribution in [2.24, 2.45) is 0 Å². The SMILES string of the molecule is Cc1cccc(COc2cccc(OCc3noc(-c4ccccc4)n3)c2)c1C(=O)O. The van der Waals surface area contributed by atoms with Gasteiger partial charge in [0, 0.05) is 17.2 Å². The van der Waals surface area contributed by atoms with Gasteiger partial charge in [0.1, 0.15) is 18.1 Å². The maximum absolute atomic E-state index is 11.5. The molecule has 7 nitrogen and oxygen atoms in total. The molecular formula is C24H20N2O5. The molecule has 0 amide bonds. The molecular weight excluding hydrogens is 396 g/mol. The van der Waals surface area contributed by atoms with Gasteiger partial charge in [-0.3, -0.25) is 0 Å². The van der Waals surface area contributed by atoms with Gasteiger partial charge in [0.15, 0.2) is 6.61 Å². The maximum atomic E-state index is 11.5. The van der Waals surface area contributed by atoms with Crippen LogP contribution in [0.2, 0.25) is 0 Å². The van der Waals surface area contributed by atoms with E-state index in [4.69, 9.17) is 14.0 Å². The average molecular weight is 416 g/mol. The number of carbonyl (C=O) groups is 1. The molecule has 31 heavy (non-hydrogen) atoms. The van der Waals surface area contributed by atoms with Gasteiger partial charge in [-0.25, -0.2) is 4.79 Å². The predicted molar refractivity (Wildman–Crippen MR) is 113 cm³/mol. The summed E-state index contributed by atoms with van der Waals surface area (Å²) in [6, 6.07) is 21.9. The first kappa shape index (κ1) is 20.2. The third-order valence-corrected chi connectivity index (χ3v) is 4.63. The van der Waals surface area contributed by atoms with Gasteiger partial charge in [-0.2, -0.15) is 4.98 Å². The summed E-state index contributed by atoms with van der Waals surface area (Å²) in [5.74, 6) is 1.03. The summed E-state index contributed by atoms with van der Waals surface area (Å²) in [4.78, 5) is 15.9. The number of hydrogen-bond acceptors (Lipinski definition) is 6. The molecule has 0 aliphatic heterocycles. The molecule has 4 rings (SSSR count). The van der Waals surface area contributed by atoms with E-state index in [9.17, 15) is 9.90 Å². The second-order valence-corrected chi connectivity index (χ2v) is 6.85. The zero-order valence-electron chi connectivity index (χ0n) is 16.8. The zero-order chi connectivity index (χ0) is 21.6. The third-order valence-electron chi connectivity index (χ3n) is 4.63. The highest BCUT2D eigenvalue weighted by atomic mass is 16.5. The number of ether oxygens (including phenoxy) is 2. The second kappa shape index (κ2) is 9.13. The first-order valence-corrected chi connectivity index (χ1v) is 9.65. The van der Waals surface area contributed by atoms with E-state index in [0.717, 1.165) is 5.56 Å². The first-order chi connectivity index (χ1) is 15.1. The summed E-state index contributed by atoms with van der Waals surface area (Å²) in [6.07, 6.45) is 0. The van der Waals surface area contributed by atoms with Crippen molar-refractivity contribution in [2.75, 3.05) is 0 Å². The molecule has 7 heteroatoms. The minimum Gasteiger partial charge on any atom is -0.489 e. The Morgan fingerprint density at radius 1 is 0.935 bits per heavy atom. The minimum atomic E-state index is -0.969. The van der Waals surface area contributed by atoms with Crippen LogP contribution in [-0.4, -0.2) is 21.2 Å². The van der Waals surface area contributed by atoms with Crippen LogP contribution in [0.4, 0.5) is 0 Å². The van der Waals surface area contributed by atoms with Gasteiger partial charge in [-0.05, 0) is 36.8 Å². The Balaban J connectivity index is 1.39. The van der Waals surface area contributed by atoms with E-state index in [1.165, 1.54) is 0 Å². The van der Waals surface area contributed by atoms with E-state index in [1.807, 2.05) is 36.4 Å². The summed E-state index contributed by atoms with van der Waals surface area (Å²) < 4.78 is 16.8. The highest BCUT2D eigenvalue weighted by molar-refractivity contribution is 5.91. The molecule has 0 unspecified atom stereocenters. The summed E-state index contributed by atoms with van der Waals surface area (Å²) >= 11 is 0. The van der Waals surface area contributed by atoms with Crippen LogP contribution in [0.5, 0.6) is 11.5 Å². The number of carboxylic acids is 1. The van der Waals surface area contributed by atoms with Crippen LogP contribution in [0.15, 0.2) is 77.3 Å². The molecule has 0 radical (unpaired) electrons. The van der Waals surface area contributed by atoms with Crippen molar-refractivity contribution >= 4 is 5.97 Å². The van der Waals surface area contributed by atoms with Crippen LogP contribution >= 0.6 is 0 Å². The first-order valence-electron chi connectivity index (χ1n) is 9.65. The fraction of sp³-hybridized carbons (Fsp3) is 0.125. The molecule has 0 aliphatic rings. The van der Waals surface area contributed by atoms with E-state index < -0.39 is 5.97 Å². The monoisotopic (exact) mass is 416 g/mol. The number of hydrogen-bond donors (Lipinski definition) is 1. The van der Waals surface area contributed by atoms with Crippen molar-refractivity contribution in [3.8, 4) is 23.0 Å². The highest BCUT2D eigenvalue weighted by Crippen LogP contribution is 2.23. The van der Waals surface area contributed by atoms with Crippen LogP contribution in [0, 0.1) is 6.92 Å². The maximum Gasteiger partial charge on any atom is 0.336 e. The van der Waals surface area contributed by atoms with Crippen LogP contribution in [0.25, 0.3) is 11.5 Å². The fourth-order valence-electron chi connectivity index (χ4n) is 3.13. The van der Waals surface area contributed by atoms with Gasteiger partial charge in [0.25, 0.3) is 5.89 Å². The number of aryl methyl sites for hydroxylation is 1. The number of nitrogens with zero attached hydrogens (tertiary/aromatic N) is 2. The van der Waals surface area contributed by atoms with Crippen molar-refractivity contribution in [2.45, 2.75) is 20.1 Å². The van der Waals surface area contributed by atoms with Crippen molar-refractivity contribution in [1.82, 2.24) is 10.1 Å². The van der Waals surface area contributed by atoms with Gasteiger partial charge < -0.3 is 19.1 Å². The van der Waals surface area contributed by atoms with Gasteiger partial charge in [-0.15, -0.1) is 0 Å². The van der Waals surface area contributed by atoms with Gasteiger partial charge in [0.05, 0.1) is 5.56 Å². The molecule has 0 spiro atoms. The smallest absolute Gasteiger partial charge is 0.336 e. The van der Waals surface area contributed by atoms with E-state index >= 15 is 0 Å². The molecule has 0 atom stereocenters. The summed E-state index contributed by atoms with van der Waals surface area (Å²) in [5, 5.41) is 13.4. The van der Waals surface area contributed by atoms with Crippen LogP contribution in [-0.2, 0) is 13.2 Å². The minimum absolute atomic E-state index is 0.137. The van der Waals surface area contributed by atoms with Crippen LogP contribution in [0.3, 0.4) is 0 Å². The van der Waals surface area contributed by atoms with E-state index in [2.05, 4.69) is 10.1 Å². The van der Waals surface area contributed by atoms with Crippen molar-refractivity contribution in [1.29, 1.82) is 0 Å².